The van der Waals surface area contributed by atoms with Crippen molar-refractivity contribution in [3.63, 3.8) is 0 Å². The number of hydrogen-bond donors (Lipinski definition) is 1. The number of nitrogen functional groups attached to an aromatic ring is 1. The van der Waals surface area contributed by atoms with Crippen LogP contribution in [-0.4, -0.2) is 44.7 Å². The maximum Gasteiger partial charge on any atom is 0.338 e. The first-order valence-electron chi connectivity index (χ1n) is 5.88. The van der Waals surface area contributed by atoms with E-state index in [1.807, 2.05) is 25.9 Å². The Morgan fingerprint density at radius 2 is 2.06 bits per heavy atom. The molecule has 2 N–H and O–H groups in total. The Kier molecular flexibility index (Phi) is 5.45. The second kappa shape index (κ2) is 6.86. The van der Waals surface area contributed by atoms with E-state index in [2.05, 4.69) is 0 Å². The number of ether oxygens (including phenoxy) is 2. The summed E-state index contributed by atoms with van der Waals surface area (Å²) in [5.41, 5.74) is 6.61. The van der Waals surface area contributed by atoms with Crippen molar-refractivity contribution in [2.75, 3.05) is 39.6 Å². The van der Waals surface area contributed by atoms with E-state index in [4.69, 9.17) is 15.2 Å². The Balaban J connectivity index is 2.66. The number of nitrogens with zero attached hydrogens (tertiary/aromatic N) is 1. The van der Waals surface area contributed by atoms with Crippen molar-refractivity contribution in [1.82, 2.24) is 4.90 Å². The fraction of sp³-hybridized carbons (Fsp3) is 0.462. The number of carbonyl (C=O) groups is 1. The summed E-state index contributed by atoms with van der Waals surface area (Å²) in [6.45, 7) is 3.44. The summed E-state index contributed by atoms with van der Waals surface area (Å²) >= 11 is 0. The molecule has 5 nitrogen and oxygen atoms in total. The molecule has 0 unspecified atom stereocenters. The average molecular weight is 252 g/mol. The van der Waals surface area contributed by atoms with E-state index in [9.17, 15) is 4.79 Å². The number of benzene rings is 1. The number of esters is 1. The quantitative estimate of drug-likeness (QED) is 0.612. The van der Waals surface area contributed by atoms with Crippen LogP contribution in [0.1, 0.15) is 17.3 Å². The third-order valence-corrected chi connectivity index (χ3v) is 2.25. The zero-order valence-corrected chi connectivity index (χ0v) is 11.1. The molecule has 0 saturated heterocycles. The zero-order chi connectivity index (χ0) is 13.5. The summed E-state index contributed by atoms with van der Waals surface area (Å²) in [5.74, 6) is 0.196. The smallest absolute Gasteiger partial charge is 0.338 e. The van der Waals surface area contributed by atoms with E-state index in [0.29, 0.717) is 36.8 Å². The molecule has 0 fully saturated rings. The number of rotatable bonds is 6. The third-order valence-electron chi connectivity index (χ3n) is 2.25. The molecule has 0 radical (unpaired) electrons. The molecule has 1 aromatic rings. The lowest BCUT2D eigenvalue weighted by Crippen LogP contribution is -2.20. The van der Waals surface area contributed by atoms with Gasteiger partial charge in [-0.2, -0.15) is 0 Å². The van der Waals surface area contributed by atoms with Gasteiger partial charge in [-0.3, -0.25) is 0 Å². The molecule has 0 aliphatic rings. The normalized spacial score (nSPS) is 10.4. The topological polar surface area (TPSA) is 64.8 Å². The first kappa shape index (κ1) is 14.3. The van der Waals surface area contributed by atoms with Gasteiger partial charge in [0.2, 0.25) is 0 Å². The Morgan fingerprint density at radius 3 is 2.67 bits per heavy atom. The van der Waals surface area contributed by atoms with Crippen molar-refractivity contribution in [3.8, 4) is 5.75 Å². The summed E-state index contributed by atoms with van der Waals surface area (Å²) < 4.78 is 10.5. The first-order chi connectivity index (χ1) is 8.52. The molecule has 0 spiro atoms. The van der Waals surface area contributed by atoms with Crippen LogP contribution in [0.3, 0.4) is 0 Å². The summed E-state index contributed by atoms with van der Waals surface area (Å²) in [5, 5.41) is 0. The molecule has 0 aromatic heterocycles. The van der Waals surface area contributed by atoms with Gasteiger partial charge in [-0.25, -0.2) is 4.79 Å². The van der Waals surface area contributed by atoms with Crippen molar-refractivity contribution < 1.29 is 14.3 Å². The SMILES string of the molecule is CCOc1cc(N)cc(C(=O)OCCN(C)C)c1. The van der Waals surface area contributed by atoms with Crippen LogP contribution >= 0.6 is 0 Å². The Hall–Kier alpha value is -1.75. The Bertz CT molecular complexity index is 405. The van der Waals surface area contributed by atoms with Gasteiger partial charge in [-0.05, 0) is 33.2 Å². The number of likely N-dealkylation sites (N-methyl/N-ethyl adjacent to an activating group) is 1. The van der Waals surface area contributed by atoms with Gasteiger partial charge in [0.1, 0.15) is 12.4 Å². The molecule has 100 valence electrons. The van der Waals surface area contributed by atoms with Crippen molar-refractivity contribution in [3.05, 3.63) is 23.8 Å². The summed E-state index contributed by atoms with van der Waals surface area (Å²) in [6.07, 6.45) is 0. The molecule has 1 aromatic carbocycles. The van der Waals surface area contributed by atoms with Gasteiger partial charge >= 0.3 is 5.97 Å². The highest BCUT2D eigenvalue weighted by molar-refractivity contribution is 5.91. The van der Waals surface area contributed by atoms with Gasteiger partial charge in [-0.1, -0.05) is 0 Å². The van der Waals surface area contributed by atoms with Crippen LogP contribution in [0.5, 0.6) is 5.75 Å². The maximum atomic E-state index is 11.8. The molecular formula is C13H20N2O3. The fourth-order valence-electron chi connectivity index (χ4n) is 1.39. The largest absolute Gasteiger partial charge is 0.494 e. The fourth-order valence-corrected chi connectivity index (χ4v) is 1.39. The van der Waals surface area contributed by atoms with Gasteiger partial charge < -0.3 is 20.1 Å². The minimum atomic E-state index is -0.384. The Labute approximate surface area is 107 Å². The van der Waals surface area contributed by atoms with Crippen molar-refractivity contribution in [1.29, 1.82) is 0 Å². The highest BCUT2D eigenvalue weighted by Gasteiger charge is 2.10. The van der Waals surface area contributed by atoms with Crippen LogP contribution in [-0.2, 0) is 4.74 Å². The monoisotopic (exact) mass is 252 g/mol. The lowest BCUT2D eigenvalue weighted by Gasteiger charge is -2.11. The average Bonchev–Trinajstić information content (AvgIpc) is 2.28. The third kappa shape index (κ3) is 4.63. The van der Waals surface area contributed by atoms with Crippen molar-refractivity contribution in [2.24, 2.45) is 0 Å². The van der Waals surface area contributed by atoms with Gasteiger partial charge in [0, 0.05) is 18.3 Å². The van der Waals surface area contributed by atoms with Crippen LogP contribution in [0, 0.1) is 0 Å². The molecule has 1 rings (SSSR count). The zero-order valence-electron chi connectivity index (χ0n) is 11.1. The first-order valence-corrected chi connectivity index (χ1v) is 5.88. The van der Waals surface area contributed by atoms with Crippen LogP contribution < -0.4 is 10.5 Å². The number of nitrogens with two attached hydrogens (primary N) is 1. The molecule has 5 heteroatoms. The van der Waals surface area contributed by atoms with Gasteiger partial charge in [0.05, 0.1) is 12.2 Å². The van der Waals surface area contributed by atoms with E-state index in [0.717, 1.165) is 0 Å². The van der Waals surface area contributed by atoms with Crippen molar-refractivity contribution >= 4 is 11.7 Å². The van der Waals surface area contributed by atoms with E-state index in [1.54, 1.807) is 18.2 Å². The molecule has 0 bridgehead atoms. The van der Waals surface area contributed by atoms with Gasteiger partial charge in [0.15, 0.2) is 0 Å². The summed E-state index contributed by atoms with van der Waals surface area (Å²) in [6, 6.07) is 4.90. The molecule has 0 amide bonds. The number of hydrogen-bond acceptors (Lipinski definition) is 5. The second-order valence-electron chi connectivity index (χ2n) is 4.16. The van der Waals surface area contributed by atoms with Gasteiger partial charge in [-0.15, -0.1) is 0 Å². The lowest BCUT2D eigenvalue weighted by molar-refractivity contribution is 0.0481. The Morgan fingerprint density at radius 1 is 1.33 bits per heavy atom. The van der Waals surface area contributed by atoms with Crippen LogP contribution in [0.4, 0.5) is 5.69 Å². The van der Waals surface area contributed by atoms with E-state index in [-0.39, 0.29) is 5.97 Å². The van der Waals surface area contributed by atoms with E-state index in [1.165, 1.54) is 0 Å². The lowest BCUT2D eigenvalue weighted by atomic mass is 10.2. The molecule has 0 heterocycles. The molecular weight excluding hydrogens is 232 g/mol. The number of carbonyl (C=O) groups excluding carboxylic acids is 1. The predicted octanol–water partition coefficient (Wildman–Crippen LogP) is 1.39. The standard InChI is InChI=1S/C13H20N2O3/c1-4-17-12-8-10(7-11(14)9-12)13(16)18-6-5-15(2)3/h7-9H,4-6,14H2,1-3H3. The van der Waals surface area contributed by atoms with E-state index >= 15 is 0 Å². The number of anilines is 1. The highest BCUT2D eigenvalue weighted by Crippen LogP contribution is 2.19. The molecule has 0 aliphatic carbocycles. The van der Waals surface area contributed by atoms with Crippen LogP contribution in [0.25, 0.3) is 0 Å². The second-order valence-corrected chi connectivity index (χ2v) is 4.16. The molecule has 0 saturated carbocycles. The van der Waals surface area contributed by atoms with E-state index < -0.39 is 0 Å². The minimum Gasteiger partial charge on any atom is -0.494 e. The highest BCUT2D eigenvalue weighted by atomic mass is 16.5. The summed E-state index contributed by atoms with van der Waals surface area (Å²) in [4.78, 5) is 13.7. The maximum absolute atomic E-state index is 11.8. The summed E-state index contributed by atoms with van der Waals surface area (Å²) in [7, 11) is 3.84. The molecule has 0 aliphatic heterocycles. The molecule has 0 atom stereocenters. The van der Waals surface area contributed by atoms with Crippen LogP contribution in [0.2, 0.25) is 0 Å². The van der Waals surface area contributed by atoms with Crippen molar-refractivity contribution in [2.45, 2.75) is 6.92 Å². The molecule has 18 heavy (non-hydrogen) atoms. The van der Waals surface area contributed by atoms with Gasteiger partial charge in [0.25, 0.3) is 0 Å². The van der Waals surface area contributed by atoms with Crippen LogP contribution in [0.15, 0.2) is 18.2 Å². The minimum absolute atomic E-state index is 0.352. The predicted molar refractivity (Wildman–Crippen MR) is 70.9 cm³/mol.